The largest absolute Gasteiger partial charge is 0.526 e. The van der Waals surface area contributed by atoms with E-state index in [1.807, 2.05) is 0 Å². The molecule has 10 heavy (non-hydrogen) atoms. The number of carbonyl (C=O) groups excluding carboxylic acids is 1. The molecule has 4 nitrogen and oxygen atoms in total. The minimum Gasteiger partial charge on any atom is -0.526 e. The van der Waals surface area contributed by atoms with Gasteiger partial charge in [-0.15, -0.1) is 0 Å². The predicted octanol–water partition coefficient (Wildman–Crippen LogP) is -1.16. The van der Waals surface area contributed by atoms with Gasteiger partial charge in [-0.2, -0.15) is 0 Å². The average Bonchev–Trinajstić information content (AvgIpc) is 1.85. The minimum atomic E-state index is -1.13. The topological polar surface area (TPSA) is 63.6 Å². The Kier molecular flexibility index (Phi) is 3.41. The molecule has 0 bridgehead atoms. The summed E-state index contributed by atoms with van der Waals surface area (Å²) < 4.78 is 4.38. The van der Waals surface area contributed by atoms with E-state index in [9.17, 15) is 9.59 Å². The van der Waals surface area contributed by atoms with E-state index in [1.165, 1.54) is 6.92 Å². The van der Waals surface area contributed by atoms with Crippen molar-refractivity contribution in [2.75, 3.05) is 0 Å². The Morgan fingerprint density at radius 3 is 2.40 bits per heavy atom. The van der Waals surface area contributed by atoms with Crippen LogP contribution < -0.4 is 0 Å². The molecule has 0 amide bonds. The fourth-order valence-electron chi connectivity index (χ4n) is 0.405. The second-order valence-corrected chi connectivity index (χ2v) is 2.07. The Labute approximate surface area is 61.0 Å². The number of hydrogen-bond donors (Lipinski definition) is 1. The van der Waals surface area contributed by atoms with E-state index < -0.39 is 11.9 Å². The first-order valence-electron chi connectivity index (χ1n) is 2.57. The summed E-state index contributed by atoms with van der Waals surface area (Å²) in [6.45, 7) is 1.40. The zero-order chi connectivity index (χ0) is 8.15. The van der Waals surface area contributed by atoms with Gasteiger partial charge in [-0.25, -0.2) is 9.59 Å². The summed E-state index contributed by atoms with van der Waals surface area (Å²) in [4.78, 5) is 20.5. The van der Waals surface area contributed by atoms with Crippen LogP contribution in [0.5, 0.6) is 0 Å². The summed E-state index contributed by atoms with van der Waals surface area (Å²) in [5.74, 6) is -1.70. The Hall–Kier alpha value is -1.10. The van der Waals surface area contributed by atoms with E-state index in [0.29, 0.717) is 0 Å². The molecule has 0 spiro atoms. The van der Waals surface area contributed by atoms with Crippen molar-refractivity contribution in [3.05, 3.63) is 11.6 Å². The standard InChI is InChI=1S/C5H8O4Si/c1-3(2-4(6)7)5(8)9-10/h2H,1,10H3,(H,6,7)/b3-2-. The molecule has 1 N–H and O–H groups in total. The first-order chi connectivity index (χ1) is 4.57. The Bertz CT molecular complexity index is 184. The van der Waals surface area contributed by atoms with E-state index in [4.69, 9.17) is 5.11 Å². The van der Waals surface area contributed by atoms with Gasteiger partial charge in [0.25, 0.3) is 0 Å². The van der Waals surface area contributed by atoms with Gasteiger partial charge in [0.1, 0.15) is 0 Å². The highest BCUT2D eigenvalue weighted by molar-refractivity contribution is 6.10. The third-order valence-corrected chi connectivity index (χ3v) is 1.22. The Balaban J connectivity index is 4.19. The van der Waals surface area contributed by atoms with Crippen LogP contribution in [-0.2, 0) is 14.0 Å². The highest BCUT2D eigenvalue weighted by Gasteiger charge is 2.03. The highest BCUT2D eigenvalue weighted by atomic mass is 28.2. The maximum Gasteiger partial charge on any atom is 0.328 e. The smallest absolute Gasteiger partial charge is 0.328 e. The van der Waals surface area contributed by atoms with Gasteiger partial charge in [-0.05, 0) is 6.92 Å². The van der Waals surface area contributed by atoms with E-state index in [2.05, 4.69) is 4.43 Å². The lowest BCUT2D eigenvalue weighted by Crippen LogP contribution is -2.04. The maximum absolute atomic E-state index is 10.5. The summed E-state index contributed by atoms with van der Waals surface area (Å²) in [5.41, 5.74) is 0.113. The van der Waals surface area contributed by atoms with E-state index in [-0.39, 0.29) is 16.1 Å². The van der Waals surface area contributed by atoms with Crippen LogP contribution in [0.3, 0.4) is 0 Å². The summed E-state index contributed by atoms with van der Waals surface area (Å²) in [6.07, 6.45) is 0.820. The van der Waals surface area contributed by atoms with Crippen LogP contribution in [0.2, 0.25) is 0 Å². The lowest BCUT2D eigenvalue weighted by atomic mass is 10.3. The Morgan fingerprint density at radius 1 is 1.60 bits per heavy atom. The van der Waals surface area contributed by atoms with Gasteiger partial charge in [0.05, 0.1) is 0 Å². The third-order valence-electron chi connectivity index (χ3n) is 0.847. The summed E-state index contributed by atoms with van der Waals surface area (Å²) >= 11 is 0. The molecule has 0 radical (unpaired) electrons. The van der Waals surface area contributed by atoms with Gasteiger partial charge in [-0.3, -0.25) is 0 Å². The molecular formula is C5H8O4Si. The summed E-state index contributed by atoms with van der Waals surface area (Å²) in [6, 6.07) is 0. The predicted molar refractivity (Wildman–Crippen MR) is 37.4 cm³/mol. The van der Waals surface area contributed by atoms with E-state index in [1.54, 1.807) is 0 Å². The number of rotatable bonds is 2. The van der Waals surface area contributed by atoms with Crippen LogP contribution in [0.25, 0.3) is 0 Å². The molecule has 0 aliphatic heterocycles. The second-order valence-electron chi connectivity index (χ2n) is 1.66. The number of carbonyl (C=O) groups is 2. The van der Waals surface area contributed by atoms with Crippen LogP contribution in [0.15, 0.2) is 11.6 Å². The van der Waals surface area contributed by atoms with E-state index >= 15 is 0 Å². The molecule has 0 rings (SSSR count). The fraction of sp³-hybridized carbons (Fsp3) is 0.200. The zero-order valence-electron chi connectivity index (χ0n) is 5.75. The third kappa shape index (κ3) is 3.03. The molecule has 0 fully saturated rings. The molecule has 0 saturated carbocycles. The fourth-order valence-corrected chi connectivity index (χ4v) is 0.727. The first kappa shape index (κ1) is 8.90. The Morgan fingerprint density at radius 2 is 2.10 bits per heavy atom. The van der Waals surface area contributed by atoms with Crippen molar-refractivity contribution in [2.24, 2.45) is 0 Å². The molecule has 0 unspecified atom stereocenters. The molecule has 56 valence electrons. The van der Waals surface area contributed by atoms with Crippen LogP contribution in [0.1, 0.15) is 6.92 Å². The van der Waals surface area contributed by atoms with Crippen molar-refractivity contribution in [3.63, 3.8) is 0 Å². The molecule has 0 aliphatic rings. The van der Waals surface area contributed by atoms with Crippen LogP contribution >= 0.6 is 0 Å². The molecule has 0 heterocycles. The van der Waals surface area contributed by atoms with E-state index in [0.717, 1.165) is 6.08 Å². The van der Waals surface area contributed by atoms with Gasteiger partial charge >= 0.3 is 11.9 Å². The quantitative estimate of drug-likeness (QED) is 0.409. The molecule has 0 aromatic heterocycles. The van der Waals surface area contributed by atoms with Crippen molar-refractivity contribution < 1.29 is 19.1 Å². The summed E-state index contributed by atoms with van der Waals surface area (Å²) in [7, 11) is 0.288. The SMILES string of the molecule is C/C(=C/C(=O)O)C(=O)O[SiH3]. The van der Waals surface area contributed by atoms with Crippen molar-refractivity contribution in [3.8, 4) is 0 Å². The molecule has 5 heteroatoms. The molecular weight excluding hydrogens is 152 g/mol. The normalized spacial score (nSPS) is 11.1. The lowest BCUT2D eigenvalue weighted by Gasteiger charge is -1.95. The van der Waals surface area contributed by atoms with Gasteiger partial charge in [0.15, 0.2) is 0 Å². The average molecular weight is 160 g/mol. The number of carboxylic acid groups (broad SMARTS) is 1. The zero-order valence-corrected chi connectivity index (χ0v) is 7.75. The molecule has 0 atom stereocenters. The monoisotopic (exact) mass is 160 g/mol. The molecule has 0 aromatic carbocycles. The van der Waals surface area contributed by atoms with Crippen LogP contribution in [0.4, 0.5) is 0 Å². The number of carboxylic acids is 1. The summed E-state index contributed by atoms with van der Waals surface area (Å²) in [5, 5.41) is 8.16. The minimum absolute atomic E-state index is 0.113. The van der Waals surface area contributed by atoms with Crippen molar-refractivity contribution in [1.82, 2.24) is 0 Å². The van der Waals surface area contributed by atoms with Gasteiger partial charge in [0.2, 0.25) is 10.5 Å². The highest BCUT2D eigenvalue weighted by Crippen LogP contribution is 1.93. The van der Waals surface area contributed by atoms with Crippen molar-refractivity contribution >= 4 is 22.4 Å². The molecule has 0 aliphatic carbocycles. The molecule has 0 aromatic rings. The maximum atomic E-state index is 10.5. The van der Waals surface area contributed by atoms with Gasteiger partial charge in [0, 0.05) is 11.6 Å². The van der Waals surface area contributed by atoms with Gasteiger partial charge < -0.3 is 9.53 Å². The number of aliphatic carboxylic acids is 1. The second kappa shape index (κ2) is 3.83. The van der Waals surface area contributed by atoms with Crippen molar-refractivity contribution in [1.29, 1.82) is 0 Å². The lowest BCUT2D eigenvalue weighted by molar-refractivity contribution is -0.133. The van der Waals surface area contributed by atoms with Crippen LogP contribution in [-0.4, -0.2) is 27.5 Å². The first-order valence-corrected chi connectivity index (χ1v) is 3.39. The van der Waals surface area contributed by atoms with Crippen molar-refractivity contribution in [2.45, 2.75) is 6.92 Å². The van der Waals surface area contributed by atoms with Crippen LogP contribution in [0, 0.1) is 0 Å². The number of hydrogen-bond acceptors (Lipinski definition) is 3. The van der Waals surface area contributed by atoms with Gasteiger partial charge in [-0.1, -0.05) is 0 Å². The molecule has 0 saturated heterocycles.